The molecule has 0 heterocycles. The van der Waals surface area contributed by atoms with E-state index >= 15 is 0 Å². The minimum absolute atomic E-state index is 0.0461. The number of carbonyl (C=O) groups excluding carboxylic acids is 1. The molecule has 3 aromatic rings. The van der Waals surface area contributed by atoms with Gasteiger partial charge in [0.25, 0.3) is 10.0 Å². The van der Waals surface area contributed by atoms with Crippen LogP contribution in [0.15, 0.2) is 77.7 Å². The molecular formula is C23H24N2O4S. The number of benzene rings is 3. The summed E-state index contributed by atoms with van der Waals surface area (Å²) in [5.74, 6) is 0.240. The molecule has 0 bridgehead atoms. The van der Waals surface area contributed by atoms with E-state index in [-0.39, 0.29) is 10.8 Å². The van der Waals surface area contributed by atoms with Crippen molar-refractivity contribution in [2.24, 2.45) is 0 Å². The van der Waals surface area contributed by atoms with Crippen molar-refractivity contribution in [3.8, 4) is 5.75 Å². The van der Waals surface area contributed by atoms with E-state index in [0.717, 1.165) is 5.56 Å². The summed E-state index contributed by atoms with van der Waals surface area (Å²) >= 11 is 0. The molecule has 0 aromatic heterocycles. The summed E-state index contributed by atoms with van der Waals surface area (Å²) in [6, 6.07) is 20.9. The SMILES string of the molecule is COc1ccccc1NS(=O)(=O)c1cccc(NC(=O)CCc2ccc(C)cc2)c1. The first-order valence-electron chi connectivity index (χ1n) is 9.49. The molecule has 0 spiro atoms. The van der Waals surface area contributed by atoms with E-state index in [4.69, 9.17) is 4.74 Å². The molecule has 0 aliphatic rings. The molecule has 0 fully saturated rings. The van der Waals surface area contributed by atoms with Gasteiger partial charge in [-0.2, -0.15) is 0 Å². The fourth-order valence-corrected chi connectivity index (χ4v) is 4.03. The van der Waals surface area contributed by atoms with Crippen molar-refractivity contribution in [3.63, 3.8) is 0 Å². The molecule has 0 unspecified atom stereocenters. The Morgan fingerprint density at radius 1 is 0.967 bits per heavy atom. The second-order valence-electron chi connectivity index (χ2n) is 6.87. The molecule has 1 amide bonds. The normalized spacial score (nSPS) is 11.0. The van der Waals surface area contributed by atoms with Crippen LogP contribution in [0.1, 0.15) is 17.5 Å². The van der Waals surface area contributed by atoms with E-state index in [0.29, 0.717) is 30.0 Å². The second kappa shape index (κ2) is 9.45. The predicted octanol–water partition coefficient (Wildman–Crippen LogP) is 4.38. The van der Waals surface area contributed by atoms with Gasteiger partial charge in [-0.05, 0) is 49.2 Å². The zero-order valence-electron chi connectivity index (χ0n) is 16.9. The molecule has 0 saturated heterocycles. The van der Waals surface area contributed by atoms with Crippen molar-refractivity contribution in [2.75, 3.05) is 17.1 Å². The highest BCUT2D eigenvalue weighted by atomic mass is 32.2. The highest BCUT2D eigenvalue weighted by Gasteiger charge is 2.17. The predicted molar refractivity (Wildman–Crippen MR) is 118 cm³/mol. The number of anilines is 2. The Morgan fingerprint density at radius 2 is 1.70 bits per heavy atom. The third kappa shape index (κ3) is 5.61. The van der Waals surface area contributed by atoms with E-state index in [9.17, 15) is 13.2 Å². The summed E-state index contributed by atoms with van der Waals surface area (Å²) in [7, 11) is -2.37. The summed E-state index contributed by atoms with van der Waals surface area (Å²) in [5, 5.41) is 2.77. The molecule has 3 rings (SSSR count). The summed E-state index contributed by atoms with van der Waals surface area (Å²) in [5.41, 5.74) is 3.01. The number of aryl methyl sites for hydroxylation is 2. The van der Waals surface area contributed by atoms with Gasteiger partial charge in [-0.3, -0.25) is 9.52 Å². The minimum atomic E-state index is -3.84. The van der Waals surface area contributed by atoms with Crippen LogP contribution in [0.4, 0.5) is 11.4 Å². The Balaban J connectivity index is 1.67. The van der Waals surface area contributed by atoms with E-state index in [1.54, 1.807) is 36.4 Å². The zero-order valence-corrected chi connectivity index (χ0v) is 17.7. The lowest BCUT2D eigenvalue weighted by Gasteiger charge is -2.12. The Bertz CT molecular complexity index is 1130. The maximum Gasteiger partial charge on any atom is 0.262 e. The first-order valence-corrected chi connectivity index (χ1v) is 11.0. The Morgan fingerprint density at radius 3 is 2.43 bits per heavy atom. The number of carbonyl (C=O) groups is 1. The third-order valence-electron chi connectivity index (χ3n) is 4.54. The Hall–Kier alpha value is -3.32. The van der Waals surface area contributed by atoms with Crippen molar-refractivity contribution in [1.82, 2.24) is 0 Å². The van der Waals surface area contributed by atoms with Crippen molar-refractivity contribution in [2.45, 2.75) is 24.7 Å². The summed E-state index contributed by atoms with van der Waals surface area (Å²) < 4.78 is 33.2. The Labute approximate surface area is 177 Å². The molecule has 0 atom stereocenters. The number of nitrogens with one attached hydrogen (secondary N) is 2. The monoisotopic (exact) mass is 424 g/mol. The lowest BCUT2D eigenvalue weighted by Crippen LogP contribution is -2.15. The maximum atomic E-state index is 12.8. The number of amides is 1. The van der Waals surface area contributed by atoms with Crippen molar-refractivity contribution in [3.05, 3.63) is 83.9 Å². The van der Waals surface area contributed by atoms with Gasteiger partial charge in [0.1, 0.15) is 5.75 Å². The molecule has 0 radical (unpaired) electrons. The molecular weight excluding hydrogens is 400 g/mol. The van der Waals surface area contributed by atoms with E-state index < -0.39 is 10.0 Å². The van der Waals surface area contributed by atoms with Gasteiger partial charge < -0.3 is 10.1 Å². The van der Waals surface area contributed by atoms with Crippen molar-refractivity contribution >= 4 is 27.3 Å². The lowest BCUT2D eigenvalue weighted by molar-refractivity contribution is -0.116. The summed E-state index contributed by atoms with van der Waals surface area (Å²) in [4.78, 5) is 12.3. The molecule has 30 heavy (non-hydrogen) atoms. The number of methoxy groups -OCH3 is 1. The maximum absolute atomic E-state index is 12.8. The van der Waals surface area contributed by atoms with Crippen LogP contribution >= 0.6 is 0 Å². The van der Waals surface area contributed by atoms with Crippen LogP contribution in [0.3, 0.4) is 0 Å². The zero-order chi connectivity index (χ0) is 21.6. The van der Waals surface area contributed by atoms with E-state index in [1.807, 2.05) is 31.2 Å². The fraction of sp³-hybridized carbons (Fsp3) is 0.174. The van der Waals surface area contributed by atoms with Crippen LogP contribution in [-0.2, 0) is 21.2 Å². The molecule has 0 aliphatic heterocycles. The average molecular weight is 425 g/mol. The largest absolute Gasteiger partial charge is 0.495 e. The first kappa shape index (κ1) is 21.4. The highest BCUT2D eigenvalue weighted by molar-refractivity contribution is 7.92. The van der Waals surface area contributed by atoms with Gasteiger partial charge in [0.2, 0.25) is 5.91 Å². The number of ether oxygens (including phenoxy) is 1. The number of rotatable bonds is 8. The van der Waals surface area contributed by atoms with Crippen LogP contribution in [0.25, 0.3) is 0 Å². The van der Waals surface area contributed by atoms with Crippen molar-refractivity contribution in [1.29, 1.82) is 0 Å². The number of hydrogen-bond acceptors (Lipinski definition) is 4. The minimum Gasteiger partial charge on any atom is -0.495 e. The fourth-order valence-electron chi connectivity index (χ4n) is 2.91. The van der Waals surface area contributed by atoms with Gasteiger partial charge >= 0.3 is 0 Å². The van der Waals surface area contributed by atoms with Crippen LogP contribution < -0.4 is 14.8 Å². The van der Waals surface area contributed by atoms with Gasteiger partial charge in [0, 0.05) is 12.1 Å². The van der Waals surface area contributed by atoms with Crippen LogP contribution in [0.2, 0.25) is 0 Å². The molecule has 2 N–H and O–H groups in total. The summed E-state index contributed by atoms with van der Waals surface area (Å²) in [6.45, 7) is 2.01. The lowest BCUT2D eigenvalue weighted by atomic mass is 10.1. The molecule has 6 nitrogen and oxygen atoms in total. The van der Waals surface area contributed by atoms with E-state index in [2.05, 4.69) is 10.0 Å². The van der Waals surface area contributed by atoms with Crippen molar-refractivity contribution < 1.29 is 17.9 Å². The summed E-state index contributed by atoms with van der Waals surface area (Å²) in [6.07, 6.45) is 0.916. The number of para-hydroxylation sites is 2. The van der Waals surface area contributed by atoms with Crippen LogP contribution in [0.5, 0.6) is 5.75 Å². The van der Waals surface area contributed by atoms with Gasteiger partial charge in [-0.1, -0.05) is 48.0 Å². The molecule has 7 heteroatoms. The quantitative estimate of drug-likeness (QED) is 0.562. The standard InChI is InChI=1S/C23H24N2O4S/c1-17-10-12-18(13-11-17)14-15-23(26)24-19-6-5-7-20(16-19)30(27,28)25-21-8-3-4-9-22(21)29-2/h3-13,16,25H,14-15H2,1-2H3,(H,24,26). The topological polar surface area (TPSA) is 84.5 Å². The van der Waals surface area contributed by atoms with Gasteiger partial charge in [-0.15, -0.1) is 0 Å². The molecule has 156 valence electrons. The van der Waals surface area contributed by atoms with Gasteiger partial charge in [-0.25, -0.2) is 8.42 Å². The molecule has 0 saturated carbocycles. The first-order chi connectivity index (χ1) is 14.4. The number of sulfonamides is 1. The van der Waals surface area contributed by atoms with Crippen LogP contribution in [0, 0.1) is 6.92 Å². The van der Waals surface area contributed by atoms with Crippen LogP contribution in [-0.4, -0.2) is 21.4 Å². The van der Waals surface area contributed by atoms with E-state index in [1.165, 1.54) is 24.8 Å². The highest BCUT2D eigenvalue weighted by Crippen LogP contribution is 2.26. The number of hydrogen-bond donors (Lipinski definition) is 2. The van der Waals surface area contributed by atoms with Gasteiger partial charge in [0.15, 0.2) is 0 Å². The smallest absolute Gasteiger partial charge is 0.262 e. The van der Waals surface area contributed by atoms with Gasteiger partial charge in [0.05, 0.1) is 17.7 Å². The Kier molecular flexibility index (Phi) is 6.74. The molecule has 0 aliphatic carbocycles. The third-order valence-corrected chi connectivity index (χ3v) is 5.90. The second-order valence-corrected chi connectivity index (χ2v) is 8.55. The average Bonchev–Trinajstić information content (AvgIpc) is 2.74. The molecule has 3 aromatic carbocycles.